The smallest absolute Gasteiger partial charge is 0.320 e. The molecule has 0 spiro atoms. The fourth-order valence-electron chi connectivity index (χ4n) is 2.91. The maximum absolute atomic E-state index is 13.0. The molecule has 1 fully saturated rings. The zero-order chi connectivity index (χ0) is 19.2. The number of nitrogens with zero attached hydrogens (tertiary/aromatic N) is 2. The largest absolute Gasteiger partial charge is 0.497 e. The molecule has 3 rings (SSSR count). The van der Waals surface area contributed by atoms with Crippen LogP contribution in [-0.4, -0.2) is 48.5 Å². The lowest BCUT2D eigenvalue weighted by Crippen LogP contribution is -2.39. The molecule has 7 heteroatoms. The van der Waals surface area contributed by atoms with E-state index in [1.807, 2.05) is 24.3 Å². The molecule has 2 aromatic rings. The fourth-order valence-corrected chi connectivity index (χ4v) is 2.91. The number of ether oxygens (including phenoxy) is 1. The first-order valence-corrected chi connectivity index (χ1v) is 8.73. The molecule has 27 heavy (non-hydrogen) atoms. The second kappa shape index (κ2) is 8.53. The number of carbonyl (C=O) groups is 2. The van der Waals surface area contributed by atoms with Crippen molar-refractivity contribution >= 4 is 11.9 Å². The highest BCUT2D eigenvalue weighted by Crippen LogP contribution is 2.14. The van der Waals surface area contributed by atoms with E-state index in [9.17, 15) is 14.0 Å². The first kappa shape index (κ1) is 18.7. The van der Waals surface area contributed by atoms with E-state index in [0.29, 0.717) is 26.2 Å². The Morgan fingerprint density at radius 1 is 1.04 bits per heavy atom. The highest BCUT2D eigenvalue weighted by atomic mass is 19.1. The van der Waals surface area contributed by atoms with Gasteiger partial charge in [0.25, 0.3) is 0 Å². The van der Waals surface area contributed by atoms with Gasteiger partial charge in [0.1, 0.15) is 18.1 Å². The average Bonchev–Trinajstić information content (AvgIpc) is 3.02. The lowest BCUT2D eigenvalue weighted by molar-refractivity contribution is -0.121. The van der Waals surface area contributed by atoms with Crippen LogP contribution in [-0.2, 0) is 17.9 Å². The molecule has 0 atom stereocenters. The van der Waals surface area contributed by atoms with Crippen molar-refractivity contribution in [2.24, 2.45) is 0 Å². The standard InChI is InChI=1S/C20H22FN3O3/c1-27-18-8-4-15(5-9-18)12-22-19(25)14-24-11-10-23(20(24)26)13-16-2-6-17(21)7-3-16/h2-9H,10-14H2,1H3,(H,22,25). The molecule has 0 saturated carbocycles. The molecular formula is C20H22FN3O3. The Morgan fingerprint density at radius 2 is 1.67 bits per heavy atom. The van der Waals surface area contributed by atoms with Crippen molar-refractivity contribution in [2.75, 3.05) is 26.7 Å². The number of nitrogens with one attached hydrogen (secondary N) is 1. The lowest BCUT2D eigenvalue weighted by atomic mass is 10.2. The minimum absolute atomic E-state index is 0.0227. The number of halogens is 1. The fraction of sp³-hybridized carbons (Fsp3) is 0.300. The monoisotopic (exact) mass is 371 g/mol. The van der Waals surface area contributed by atoms with E-state index < -0.39 is 0 Å². The van der Waals surface area contributed by atoms with Crippen molar-refractivity contribution in [3.63, 3.8) is 0 Å². The number of methoxy groups -OCH3 is 1. The van der Waals surface area contributed by atoms with E-state index in [-0.39, 0.29) is 24.3 Å². The van der Waals surface area contributed by atoms with Gasteiger partial charge in [-0.3, -0.25) is 4.79 Å². The van der Waals surface area contributed by atoms with Crippen LogP contribution in [0.5, 0.6) is 5.75 Å². The predicted octanol–water partition coefficient (Wildman–Crippen LogP) is 2.39. The molecule has 6 nitrogen and oxygen atoms in total. The van der Waals surface area contributed by atoms with Crippen LogP contribution in [0.3, 0.4) is 0 Å². The van der Waals surface area contributed by atoms with Gasteiger partial charge in [-0.25, -0.2) is 9.18 Å². The number of carbonyl (C=O) groups excluding carboxylic acids is 2. The van der Waals surface area contributed by atoms with Crippen molar-refractivity contribution in [2.45, 2.75) is 13.1 Å². The van der Waals surface area contributed by atoms with Crippen molar-refractivity contribution in [1.29, 1.82) is 0 Å². The Labute approximate surface area is 157 Å². The number of urea groups is 1. The maximum Gasteiger partial charge on any atom is 0.320 e. The summed E-state index contributed by atoms with van der Waals surface area (Å²) in [6.07, 6.45) is 0. The molecule has 3 amide bonds. The van der Waals surface area contributed by atoms with E-state index in [4.69, 9.17) is 4.74 Å². The number of benzene rings is 2. The molecule has 142 valence electrons. The summed E-state index contributed by atoms with van der Waals surface area (Å²) in [4.78, 5) is 27.8. The zero-order valence-corrected chi connectivity index (χ0v) is 15.2. The van der Waals surface area contributed by atoms with E-state index in [1.165, 1.54) is 17.0 Å². The molecule has 2 aromatic carbocycles. The van der Waals surface area contributed by atoms with Gasteiger partial charge in [-0.2, -0.15) is 0 Å². The van der Waals surface area contributed by atoms with E-state index in [2.05, 4.69) is 5.32 Å². The zero-order valence-electron chi connectivity index (χ0n) is 15.2. The number of hydrogen-bond acceptors (Lipinski definition) is 3. The second-order valence-electron chi connectivity index (χ2n) is 6.38. The summed E-state index contributed by atoms with van der Waals surface area (Å²) in [5.74, 6) is 0.249. The van der Waals surface area contributed by atoms with Crippen LogP contribution in [0.1, 0.15) is 11.1 Å². The van der Waals surface area contributed by atoms with Crippen molar-refractivity contribution in [3.8, 4) is 5.75 Å². The van der Waals surface area contributed by atoms with Crippen molar-refractivity contribution in [3.05, 3.63) is 65.5 Å². The summed E-state index contributed by atoms with van der Waals surface area (Å²) in [6, 6.07) is 13.3. The Hall–Kier alpha value is -3.09. The van der Waals surface area contributed by atoms with Gasteiger partial charge < -0.3 is 19.9 Å². The maximum atomic E-state index is 13.0. The number of rotatable bonds is 7. The summed E-state index contributed by atoms with van der Waals surface area (Å²) in [5, 5.41) is 2.82. The van der Waals surface area contributed by atoms with Crippen LogP contribution in [0.15, 0.2) is 48.5 Å². The Balaban J connectivity index is 1.46. The minimum Gasteiger partial charge on any atom is -0.497 e. The van der Waals surface area contributed by atoms with Gasteiger partial charge >= 0.3 is 6.03 Å². The van der Waals surface area contributed by atoms with E-state index in [1.54, 1.807) is 24.1 Å². The Bertz CT molecular complexity index is 793. The molecule has 0 bridgehead atoms. The first-order chi connectivity index (χ1) is 13.0. The van der Waals surface area contributed by atoms with Gasteiger partial charge in [-0.05, 0) is 35.4 Å². The summed E-state index contributed by atoms with van der Waals surface area (Å²) in [6.45, 7) is 1.86. The predicted molar refractivity (Wildman–Crippen MR) is 98.6 cm³/mol. The SMILES string of the molecule is COc1ccc(CNC(=O)CN2CCN(Cc3ccc(F)cc3)C2=O)cc1. The van der Waals surface area contributed by atoms with Gasteiger partial charge in [0, 0.05) is 26.2 Å². The highest BCUT2D eigenvalue weighted by Gasteiger charge is 2.29. The summed E-state index contributed by atoms with van der Waals surface area (Å²) < 4.78 is 18.1. The van der Waals surface area contributed by atoms with Crippen molar-refractivity contribution in [1.82, 2.24) is 15.1 Å². The van der Waals surface area contributed by atoms with Gasteiger partial charge in [0.05, 0.1) is 7.11 Å². The molecule has 1 aliphatic rings. The Morgan fingerprint density at radius 3 is 2.33 bits per heavy atom. The third-order valence-corrected chi connectivity index (χ3v) is 4.45. The quantitative estimate of drug-likeness (QED) is 0.813. The lowest BCUT2D eigenvalue weighted by Gasteiger charge is -2.18. The molecule has 1 aliphatic heterocycles. The number of amides is 3. The van der Waals surface area contributed by atoms with Crippen LogP contribution in [0.25, 0.3) is 0 Å². The molecule has 0 radical (unpaired) electrons. The molecular weight excluding hydrogens is 349 g/mol. The summed E-state index contributed by atoms with van der Waals surface area (Å²) >= 11 is 0. The number of hydrogen-bond donors (Lipinski definition) is 1. The molecule has 1 saturated heterocycles. The molecule has 0 aromatic heterocycles. The van der Waals surface area contributed by atoms with Crippen LogP contribution < -0.4 is 10.1 Å². The third-order valence-electron chi connectivity index (χ3n) is 4.45. The van der Waals surface area contributed by atoms with E-state index >= 15 is 0 Å². The van der Waals surface area contributed by atoms with Crippen LogP contribution in [0.2, 0.25) is 0 Å². The van der Waals surface area contributed by atoms with Crippen LogP contribution in [0.4, 0.5) is 9.18 Å². The Kier molecular flexibility index (Phi) is 5.90. The first-order valence-electron chi connectivity index (χ1n) is 8.73. The highest BCUT2D eigenvalue weighted by molar-refractivity contribution is 5.85. The van der Waals surface area contributed by atoms with Gasteiger partial charge in [-0.15, -0.1) is 0 Å². The minimum atomic E-state index is -0.304. The van der Waals surface area contributed by atoms with Gasteiger partial charge in [0.2, 0.25) is 5.91 Å². The van der Waals surface area contributed by atoms with Crippen LogP contribution in [0, 0.1) is 5.82 Å². The summed E-state index contributed by atoms with van der Waals surface area (Å²) in [5.41, 5.74) is 1.81. The van der Waals surface area contributed by atoms with Crippen LogP contribution >= 0.6 is 0 Å². The van der Waals surface area contributed by atoms with E-state index in [0.717, 1.165) is 16.9 Å². The third kappa shape index (κ3) is 4.97. The molecule has 1 N–H and O–H groups in total. The summed E-state index contributed by atoms with van der Waals surface area (Å²) in [7, 11) is 1.60. The van der Waals surface area contributed by atoms with Gasteiger partial charge in [0.15, 0.2) is 0 Å². The second-order valence-corrected chi connectivity index (χ2v) is 6.38. The average molecular weight is 371 g/mol. The molecule has 1 heterocycles. The topological polar surface area (TPSA) is 61.9 Å². The normalized spacial score (nSPS) is 13.8. The molecule has 0 unspecified atom stereocenters. The van der Waals surface area contributed by atoms with Crippen molar-refractivity contribution < 1.29 is 18.7 Å². The molecule has 0 aliphatic carbocycles. The van der Waals surface area contributed by atoms with Gasteiger partial charge in [-0.1, -0.05) is 24.3 Å².